The van der Waals surface area contributed by atoms with E-state index in [1.165, 1.54) is 6.33 Å². The lowest BCUT2D eigenvalue weighted by atomic mass is 9.86. The minimum atomic E-state index is -0.238. The van der Waals surface area contributed by atoms with E-state index in [2.05, 4.69) is 25.6 Å². The number of hydrogen-bond acceptors (Lipinski definition) is 4. The van der Waals surface area contributed by atoms with Gasteiger partial charge in [0.1, 0.15) is 17.7 Å². The van der Waals surface area contributed by atoms with Crippen LogP contribution in [0.5, 0.6) is 0 Å². The zero-order chi connectivity index (χ0) is 21.0. The van der Waals surface area contributed by atoms with Crippen LogP contribution in [0.3, 0.4) is 0 Å². The van der Waals surface area contributed by atoms with Gasteiger partial charge in [-0.25, -0.2) is 9.97 Å². The van der Waals surface area contributed by atoms with Crippen LogP contribution in [0, 0.1) is 5.41 Å². The summed E-state index contributed by atoms with van der Waals surface area (Å²) in [5.74, 6) is -0.284. The van der Waals surface area contributed by atoms with Crippen LogP contribution in [0.1, 0.15) is 50.6 Å². The fourth-order valence-electron chi connectivity index (χ4n) is 3.11. The van der Waals surface area contributed by atoms with Gasteiger partial charge in [-0.3, -0.25) is 9.59 Å². The topological polar surface area (TPSA) is 105 Å². The van der Waals surface area contributed by atoms with E-state index < -0.39 is 0 Å². The number of aromatic nitrogens is 4. The standard InChI is InChI=1S/C21H28N6O2/c1-14(27-7-5-6-8-27)9-18(28)23-12-17(21(2,3)4)26-20(29)16-10-15-11-22-13-24-19(15)25-16/h5-8,10-11,13-14,17H,9,12H2,1-4H3,(H,23,28)(H,26,29)(H,22,24,25). The Morgan fingerprint density at radius 3 is 2.62 bits per heavy atom. The molecule has 0 fully saturated rings. The monoisotopic (exact) mass is 396 g/mol. The predicted molar refractivity (Wildman–Crippen MR) is 111 cm³/mol. The van der Waals surface area contributed by atoms with Gasteiger partial charge in [-0.1, -0.05) is 20.8 Å². The number of fused-ring (bicyclic) bond motifs is 1. The van der Waals surface area contributed by atoms with Crippen molar-refractivity contribution in [1.82, 2.24) is 30.2 Å². The van der Waals surface area contributed by atoms with Gasteiger partial charge in [0.05, 0.1) is 6.04 Å². The second kappa shape index (κ2) is 8.46. The highest BCUT2D eigenvalue weighted by molar-refractivity contribution is 5.97. The lowest BCUT2D eigenvalue weighted by Crippen LogP contribution is -2.50. The maximum absolute atomic E-state index is 12.7. The third-order valence-electron chi connectivity index (χ3n) is 5.01. The summed E-state index contributed by atoms with van der Waals surface area (Å²) < 4.78 is 2.00. The van der Waals surface area contributed by atoms with Gasteiger partial charge >= 0.3 is 0 Å². The molecule has 0 saturated carbocycles. The maximum Gasteiger partial charge on any atom is 0.268 e. The molecule has 3 rings (SSSR count). The minimum Gasteiger partial charge on any atom is -0.354 e. The fourth-order valence-corrected chi connectivity index (χ4v) is 3.11. The van der Waals surface area contributed by atoms with Crippen LogP contribution >= 0.6 is 0 Å². The minimum absolute atomic E-state index is 0.0458. The molecule has 0 spiro atoms. The molecule has 0 aromatic carbocycles. The molecule has 154 valence electrons. The first kappa shape index (κ1) is 20.6. The summed E-state index contributed by atoms with van der Waals surface area (Å²) in [6, 6.07) is 5.44. The van der Waals surface area contributed by atoms with Crippen LogP contribution in [0.25, 0.3) is 11.0 Å². The number of hydrogen-bond donors (Lipinski definition) is 3. The van der Waals surface area contributed by atoms with Crippen molar-refractivity contribution in [2.45, 2.75) is 46.2 Å². The van der Waals surface area contributed by atoms with Crippen molar-refractivity contribution >= 4 is 22.8 Å². The molecule has 29 heavy (non-hydrogen) atoms. The van der Waals surface area contributed by atoms with Crippen molar-refractivity contribution in [3.05, 3.63) is 48.8 Å². The van der Waals surface area contributed by atoms with E-state index in [9.17, 15) is 9.59 Å². The second-order valence-electron chi connectivity index (χ2n) is 8.39. The number of rotatable bonds is 7. The Kier molecular flexibility index (Phi) is 6.00. The predicted octanol–water partition coefficient (Wildman–Crippen LogP) is 2.67. The van der Waals surface area contributed by atoms with Crippen LogP contribution in [-0.4, -0.2) is 43.9 Å². The van der Waals surface area contributed by atoms with Gasteiger partial charge in [0, 0.05) is 43.0 Å². The molecule has 8 nitrogen and oxygen atoms in total. The molecule has 0 aliphatic carbocycles. The molecule has 0 aliphatic heterocycles. The van der Waals surface area contributed by atoms with Gasteiger partial charge in [-0.2, -0.15) is 0 Å². The van der Waals surface area contributed by atoms with Crippen molar-refractivity contribution < 1.29 is 9.59 Å². The lowest BCUT2D eigenvalue weighted by Gasteiger charge is -2.31. The number of carbonyl (C=O) groups excluding carboxylic acids is 2. The summed E-state index contributed by atoms with van der Waals surface area (Å²) in [7, 11) is 0. The van der Waals surface area contributed by atoms with Gasteiger partial charge < -0.3 is 20.2 Å². The summed E-state index contributed by atoms with van der Waals surface area (Å²) in [4.78, 5) is 36.2. The van der Waals surface area contributed by atoms with E-state index in [0.29, 0.717) is 24.3 Å². The average molecular weight is 396 g/mol. The summed E-state index contributed by atoms with van der Waals surface area (Å²) in [5.41, 5.74) is 0.799. The van der Waals surface area contributed by atoms with Crippen LogP contribution in [0.2, 0.25) is 0 Å². The van der Waals surface area contributed by atoms with E-state index in [4.69, 9.17) is 0 Å². The zero-order valence-electron chi connectivity index (χ0n) is 17.3. The molecular formula is C21H28N6O2. The molecular weight excluding hydrogens is 368 g/mol. The highest BCUT2D eigenvalue weighted by Crippen LogP contribution is 2.20. The molecule has 0 bridgehead atoms. The third kappa shape index (κ3) is 5.22. The van der Waals surface area contributed by atoms with E-state index in [1.54, 1.807) is 12.3 Å². The fraction of sp³-hybridized carbons (Fsp3) is 0.429. The maximum atomic E-state index is 12.7. The first-order chi connectivity index (χ1) is 13.7. The van der Waals surface area contributed by atoms with Crippen molar-refractivity contribution in [2.75, 3.05) is 6.54 Å². The van der Waals surface area contributed by atoms with Gasteiger partial charge in [-0.15, -0.1) is 0 Å². The summed E-state index contributed by atoms with van der Waals surface area (Å²) in [6.07, 6.45) is 7.35. The highest BCUT2D eigenvalue weighted by Gasteiger charge is 2.28. The molecule has 3 aromatic heterocycles. The normalized spacial score (nSPS) is 13.8. The number of carbonyl (C=O) groups is 2. The van der Waals surface area contributed by atoms with Gasteiger partial charge in [0.25, 0.3) is 5.91 Å². The van der Waals surface area contributed by atoms with E-state index >= 15 is 0 Å². The molecule has 3 heterocycles. The average Bonchev–Trinajstić information content (AvgIpc) is 3.33. The first-order valence-corrected chi connectivity index (χ1v) is 9.73. The van der Waals surface area contributed by atoms with Crippen LogP contribution in [0.4, 0.5) is 0 Å². The van der Waals surface area contributed by atoms with Gasteiger partial charge in [0.2, 0.25) is 5.91 Å². The van der Waals surface area contributed by atoms with E-state index in [1.807, 2.05) is 56.8 Å². The Labute approximate surface area is 170 Å². The van der Waals surface area contributed by atoms with Crippen LogP contribution < -0.4 is 10.6 Å². The largest absolute Gasteiger partial charge is 0.354 e. The third-order valence-corrected chi connectivity index (χ3v) is 5.01. The molecule has 2 amide bonds. The molecule has 3 aromatic rings. The smallest absolute Gasteiger partial charge is 0.268 e. The highest BCUT2D eigenvalue weighted by atomic mass is 16.2. The molecule has 0 radical (unpaired) electrons. The number of nitrogens with zero attached hydrogens (tertiary/aromatic N) is 3. The summed E-state index contributed by atoms with van der Waals surface area (Å²) in [5, 5.41) is 6.77. The van der Waals surface area contributed by atoms with Crippen molar-refractivity contribution in [2.24, 2.45) is 5.41 Å². The molecule has 0 saturated heterocycles. The SMILES string of the molecule is CC(CC(=O)NCC(NC(=O)c1cc2cncnc2[nH]1)C(C)(C)C)n1cccc1. The Bertz CT molecular complexity index is 938. The van der Waals surface area contributed by atoms with E-state index in [-0.39, 0.29) is 29.3 Å². The Morgan fingerprint density at radius 2 is 1.97 bits per heavy atom. The Morgan fingerprint density at radius 1 is 1.24 bits per heavy atom. The number of aromatic amines is 1. The van der Waals surface area contributed by atoms with E-state index in [0.717, 1.165) is 5.39 Å². The van der Waals surface area contributed by atoms with Crippen LogP contribution in [0.15, 0.2) is 43.1 Å². The quantitative estimate of drug-likeness (QED) is 0.571. The molecule has 2 atom stereocenters. The van der Waals surface area contributed by atoms with Gasteiger partial charge in [0.15, 0.2) is 0 Å². The Balaban J connectivity index is 1.60. The van der Waals surface area contributed by atoms with Crippen molar-refractivity contribution in [3.8, 4) is 0 Å². The number of nitrogens with one attached hydrogen (secondary N) is 3. The molecule has 0 aliphatic rings. The summed E-state index contributed by atoms with van der Waals surface area (Å²) in [6.45, 7) is 8.45. The van der Waals surface area contributed by atoms with Crippen molar-refractivity contribution in [1.29, 1.82) is 0 Å². The number of amides is 2. The Hall–Kier alpha value is -3.16. The molecule has 8 heteroatoms. The molecule has 2 unspecified atom stereocenters. The van der Waals surface area contributed by atoms with Crippen molar-refractivity contribution in [3.63, 3.8) is 0 Å². The van der Waals surface area contributed by atoms with Crippen LogP contribution in [-0.2, 0) is 4.79 Å². The summed E-state index contributed by atoms with van der Waals surface area (Å²) >= 11 is 0. The van der Waals surface area contributed by atoms with Gasteiger partial charge in [-0.05, 0) is 30.5 Å². The number of H-pyrrole nitrogens is 1. The molecule has 3 N–H and O–H groups in total. The zero-order valence-corrected chi connectivity index (χ0v) is 17.3. The second-order valence-corrected chi connectivity index (χ2v) is 8.39. The lowest BCUT2D eigenvalue weighted by molar-refractivity contribution is -0.121. The first-order valence-electron chi connectivity index (χ1n) is 9.73.